The highest BCUT2D eigenvalue weighted by Gasteiger charge is 2.08. The van der Waals surface area contributed by atoms with E-state index in [0.717, 1.165) is 50.4 Å². The lowest BCUT2D eigenvalue weighted by atomic mass is 10.2. The van der Waals surface area contributed by atoms with E-state index in [0.29, 0.717) is 0 Å². The van der Waals surface area contributed by atoms with E-state index in [1.54, 1.807) is 0 Å². The summed E-state index contributed by atoms with van der Waals surface area (Å²) in [4.78, 5) is 0. The molecule has 0 unspecified atom stereocenters. The van der Waals surface area contributed by atoms with Gasteiger partial charge in [0.25, 0.3) is 0 Å². The molecular weight excluding hydrogens is 250 g/mol. The van der Waals surface area contributed by atoms with Crippen LogP contribution in [0.25, 0.3) is 0 Å². The second-order valence-electron chi connectivity index (χ2n) is 5.09. The second-order valence-corrected chi connectivity index (χ2v) is 5.09. The Morgan fingerprint density at radius 3 is 2.75 bits per heavy atom. The van der Waals surface area contributed by atoms with Crippen molar-refractivity contribution < 1.29 is 4.42 Å². The van der Waals surface area contributed by atoms with E-state index < -0.39 is 0 Å². The maximum absolute atomic E-state index is 5.64. The van der Waals surface area contributed by atoms with E-state index >= 15 is 0 Å². The van der Waals surface area contributed by atoms with Gasteiger partial charge in [-0.2, -0.15) is 5.10 Å². The maximum Gasteiger partial charge on any atom is 0.125 e. The molecule has 0 aliphatic heterocycles. The number of aromatic nitrogens is 2. The normalized spacial score (nSPS) is 11.2. The number of rotatable bonds is 8. The lowest BCUT2D eigenvalue weighted by molar-refractivity contribution is 0.471. The van der Waals surface area contributed by atoms with Crippen molar-refractivity contribution in [3.8, 4) is 0 Å². The lowest BCUT2D eigenvalue weighted by Gasteiger charge is -2.02. The fourth-order valence-corrected chi connectivity index (χ4v) is 2.27. The standard InChI is InChI=1S/C16H25N3O/c1-4-7-17-10-13-8-16(20-12-13)11-19-15(6-3)9-14(5-2)18-19/h8-9,12,17H,4-7,10-11H2,1-3H3. The van der Waals surface area contributed by atoms with Gasteiger partial charge in [-0.1, -0.05) is 20.8 Å². The second kappa shape index (κ2) is 7.29. The molecule has 0 fully saturated rings. The van der Waals surface area contributed by atoms with E-state index in [1.807, 2.05) is 6.26 Å². The van der Waals surface area contributed by atoms with Gasteiger partial charge in [0.05, 0.1) is 18.5 Å². The molecule has 110 valence electrons. The summed E-state index contributed by atoms with van der Waals surface area (Å²) in [6.45, 7) is 9.10. The van der Waals surface area contributed by atoms with Gasteiger partial charge in [-0.05, 0) is 37.9 Å². The van der Waals surface area contributed by atoms with E-state index in [4.69, 9.17) is 4.42 Å². The van der Waals surface area contributed by atoms with Crippen LogP contribution in [-0.2, 0) is 25.9 Å². The minimum Gasteiger partial charge on any atom is -0.467 e. The summed E-state index contributed by atoms with van der Waals surface area (Å²) in [7, 11) is 0. The monoisotopic (exact) mass is 275 g/mol. The molecule has 0 aliphatic rings. The zero-order valence-corrected chi connectivity index (χ0v) is 12.8. The number of furan rings is 1. The first kappa shape index (κ1) is 14.9. The molecule has 0 amide bonds. The Kier molecular flexibility index (Phi) is 5.41. The summed E-state index contributed by atoms with van der Waals surface area (Å²) >= 11 is 0. The summed E-state index contributed by atoms with van der Waals surface area (Å²) in [5.74, 6) is 0.971. The topological polar surface area (TPSA) is 43.0 Å². The average Bonchev–Trinajstić information content (AvgIpc) is 3.06. The Morgan fingerprint density at radius 2 is 2.05 bits per heavy atom. The van der Waals surface area contributed by atoms with Crippen molar-refractivity contribution >= 4 is 0 Å². The summed E-state index contributed by atoms with van der Waals surface area (Å²) in [6, 6.07) is 4.31. The largest absolute Gasteiger partial charge is 0.467 e. The Hall–Kier alpha value is -1.55. The first-order valence-electron chi connectivity index (χ1n) is 7.59. The quantitative estimate of drug-likeness (QED) is 0.753. The van der Waals surface area contributed by atoms with Crippen molar-refractivity contribution in [2.24, 2.45) is 0 Å². The summed E-state index contributed by atoms with van der Waals surface area (Å²) in [6.07, 6.45) is 4.97. The molecule has 1 N–H and O–H groups in total. The lowest BCUT2D eigenvalue weighted by Crippen LogP contribution is -2.13. The summed E-state index contributed by atoms with van der Waals surface area (Å²) in [5.41, 5.74) is 3.62. The molecule has 0 atom stereocenters. The van der Waals surface area contributed by atoms with Crippen molar-refractivity contribution in [2.75, 3.05) is 6.54 Å². The van der Waals surface area contributed by atoms with Crippen molar-refractivity contribution in [3.63, 3.8) is 0 Å². The minimum absolute atomic E-state index is 0.719. The number of hydrogen-bond donors (Lipinski definition) is 1. The number of nitrogens with zero attached hydrogens (tertiary/aromatic N) is 2. The van der Waals surface area contributed by atoms with Gasteiger partial charge in [0.15, 0.2) is 0 Å². The minimum atomic E-state index is 0.719. The molecule has 2 aromatic rings. The van der Waals surface area contributed by atoms with Gasteiger partial charge in [0.2, 0.25) is 0 Å². The third-order valence-electron chi connectivity index (χ3n) is 3.41. The number of aryl methyl sites for hydroxylation is 2. The Labute approximate surface area is 121 Å². The first-order valence-corrected chi connectivity index (χ1v) is 7.59. The van der Waals surface area contributed by atoms with Crippen LogP contribution >= 0.6 is 0 Å². The van der Waals surface area contributed by atoms with Gasteiger partial charge in [-0.25, -0.2) is 0 Å². The molecule has 0 saturated carbocycles. The Bertz CT molecular complexity index is 528. The molecule has 2 aromatic heterocycles. The van der Waals surface area contributed by atoms with Gasteiger partial charge in [-0.15, -0.1) is 0 Å². The predicted octanol–water partition coefficient (Wildman–Crippen LogP) is 3.15. The van der Waals surface area contributed by atoms with Crippen molar-refractivity contribution in [1.82, 2.24) is 15.1 Å². The van der Waals surface area contributed by atoms with Gasteiger partial charge in [-0.3, -0.25) is 4.68 Å². The highest BCUT2D eigenvalue weighted by molar-refractivity contribution is 5.15. The molecule has 20 heavy (non-hydrogen) atoms. The number of nitrogens with one attached hydrogen (secondary N) is 1. The van der Waals surface area contributed by atoms with Crippen molar-refractivity contribution in [2.45, 2.75) is 53.1 Å². The van der Waals surface area contributed by atoms with Crippen LogP contribution in [0, 0.1) is 0 Å². The van der Waals surface area contributed by atoms with Crippen LogP contribution in [0.15, 0.2) is 22.8 Å². The van der Waals surface area contributed by atoms with E-state index in [1.165, 1.54) is 11.3 Å². The molecule has 0 saturated heterocycles. The van der Waals surface area contributed by atoms with Crippen LogP contribution < -0.4 is 5.32 Å². The molecule has 0 bridgehead atoms. The van der Waals surface area contributed by atoms with Crippen LogP contribution in [0.1, 0.15) is 49.9 Å². The molecule has 4 nitrogen and oxygen atoms in total. The zero-order valence-electron chi connectivity index (χ0n) is 12.8. The third-order valence-corrected chi connectivity index (χ3v) is 3.41. The Balaban J connectivity index is 2.00. The van der Waals surface area contributed by atoms with Crippen LogP contribution in [0.4, 0.5) is 0 Å². The van der Waals surface area contributed by atoms with Crippen molar-refractivity contribution in [1.29, 1.82) is 0 Å². The van der Waals surface area contributed by atoms with E-state index in [2.05, 4.69) is 48.0 Å². The average molecular weight is 275 g/mol. The fraction of sp³-hybridized carbons (Fsp3) is 0.562. The smallest absolute Gasteiger partial charge is 0.125 e. The molecule has 2 rings (SSSR count). The molecule has 0 spiro atoms. The molecule has 0 radical (unpaired) electrons. The third kappa shape index (κ3) is 3.73. The van der Waals surface area contributed by atoms with Gasteiger partial charge in [0.1, 0.15) is 5.76 Å². The van der Waals surface area contributed by atoms with Crippen LogP contribution in [0.3, 0.4) is 0 Å². The SMILES string of the molecule is CCCNCc1coc(Cn2nc(CC)cc2CC)c1. The van der Waals surface area contributed by atoms with E-state index in [9.17, 15) is 0 Å². The maximum atomic E-state index is 5.64. The van der Waals surface area contributed by atoms with Crippen molar-refractivity contribution in [3.05, 3.63) is 41.1 Å². The van der Waals surface area contributed by atoms with E-state index in [-0.39, 0.29) is 0 Å². The highest BCUT2D eigenvalue weighted by Crippen LogP contribution is 2.13. The predicted molar refractivity (Wildman–Crippen MR) is 80.8 cm³/mol. The highest BCUT2D eigenvalue weighted by atomic mass is 16.3. The summed E-state index contributed by atoms with van der Waals surface area (Å²) < 4.78 is 7.70. The molecule has 0 aromatic carbocycles. The van der Waals surface area contributed by atoms with Gasteiger partial charge >= 0.3 is 0 Å². The molecular formula is C16H25N3O. The fourth-order valence-electron chi connectivity index (χ4n) is 2.27. The molecule has 0 aliphatic carbocycles. The Morgan fingerprint density at radius 1 is 1.20 bits per heavy atom. The van der Waals surface area contributed by atoms with Crippen LogP contribution in [-0.4, -0.2) is 16.3 Å². The van der Waals surface area contributed by atoms with Crippen LogP contribution in [0.5, 0.6) is 0 Å². The summed E-state index contributed by atoms with van der Waals surface area (Å²) in [5, 5.41) is 8.00. The molecule has 2 heterocycles. The molecule has 4 heteroatoms. The number of hydrogen-bond acceptors (Lipinski definition) is 3. The first-order chi connectivity index (χ1) is 9.76. The van der Waals surface area contributed by atoms with Gasteiger partial charge < -0.3 is 9.73 Å². The van der Waals surface area contributed by atoms with Gasteiger partial charge in [0, 0.05) is 17.8 Å². The van der Waals surface area contributed by atoms with Crippen LogP contribution in [0.2, 0.25) is 0 Å². The zero-order chi connectivity index (χ0) is 14.4.